The summed E-state index contributed by atoms with van der Waals surface area (Å²) in [6.45, 7) is 10.5. The van der Waals surface area contributed by atoms with E-state index in [4.69, 9.17) is 5.11 Å². The fourth-order valence-electron chi connectivity index (χ4n) is 0.939. The molecule has 0 aromatic rings. The zero-order chi connectivity index (χ0) is 8.85. The van der Waals surface area contributed by atoms with Gasteiger partial charge in [0.15, 0.2) is 0 Å². The van der Waals surface area contributed by atoms with Gasteiger partial charge in [-0.2, -0.15) is 0 Å². The van der Waals surface area contributed by atoms with Gasteiger partial charge >= 0.3 is 0 Å². The van der Waals surface area contributed by atoms with E-state index < -0.39 is 0 Å². The maximum atomic E-state index is 8.85. The molecule has 0 saturated heterocycles. The molecule has 0 aliphatic rings. The van der Waals surface area contributed by atoms with Gasteiger partial charge in [0.25, 0.3) is 0 Å². The van der Waals surface area contributed by atoms with Crippen LogP contribution in [0.15, 0.2) is 12.2 Å². The summed E-state index contributed by atoms with van der Waals surface area (Å²) in [6, 6.07) is 0. The summed E-state index contributed by atoms with van der Waals surface area (Å²) in [7, 11) is 0. The molecule has 0 spiro atoms. The summed E-state index contributed by atoms with van der Waals surface area (Å²) in [5.74, 6) is 1.03. The van der Waals surface area contributed by atoms with Gasteiger partial charge in [0, 0.05) is 6.61 Å². The van der Waals surface area contributed by atoms with E-state index >= 15 is 0 Å². The quantitative estimate of drug-likeness (QED) is 0.607. The molecule has 11 heavy (non-hydrogen) atoms. The number of hydrogen-bond acceptors (Lipinski definition) is 1. The fourth-order valence-corrected chi connectivity index (χ4v) is 0.939. The lowest BCUT2D eigenvalue weighted by Gasteiger charge is -2.16. The highest BCUT2D eigenvalue weighted by molar-refractivity contribution is 4.88. The number of hydrogen-bond donors (Lipinski definition) is 1. The molecule has 0 radical (unpaired) electrons. The first-order valence-electron chi connectivity index (χ1n) is 4.33. The maximum Gasteiger partial charge on any atom is 0.0459 e. The monoisotopic (exact) mass is 156 g/mol. The first-order chi connectivity index (χ1) is 5.07. The van der Waals surface area contributed by atoms with Gasteiger partial charge in [0.05, 0.1) is 0 Å². The third-order valence-electron chi connectivity index (χ3n) is 2.29. The second-order valence-corrected chi connectivity index (χ2v) is 3.63. The molecular formula is C10H20O. The molecule has 0 aliphatic heterocycles. The van der Waals surface area contributed by atoms with Crippen LogP contribution in [0.4, 0.5) is 0 Å². The molecule has 66 valence electrons. The van der Waals surface area contributed by atoms with Crippen molar-refractivity contribution in [2.75, 3.05) is 6.61 Å². The minimum atomic E-state index is 0.303. The third-order valence-corrected chi connectivity index (χ3v) is 2.29. The lowest BCUT2D eigenvalue weighted by Crippen LogP contribution is -2.11. The van der Waals surface area contributed by atoms with Gasteiger partial charge < -0.3 is 5.11 Å². The molecule has 0 amide bonds. The van der Waals surface area contributed by atoms with Crippen molar-refractivity contribution >= 4 is 0 Å². The van der Waals surface area contributed by atoms with E-state index in [1.54, 1.807) is 0 Å². The van der Waals surface area contributed by atoms with Crippen LogP contribution < -0.4 is 0 Å². The first kappa shape index (κ1) is 10.7. The van der Waals surface area contributed by atoms with Gasteiger partial charge in [-0.3, -0.25) is 0 Å². The highest BCUT2D eigenvalue weighted by Crippen LogP contribution is 2.18. The average Bonchev–Trinajstić information content (AvgIpc) is 1.98. The summed E-state index contributed by atoms with van der Waals surface area (Å²) in [5.41, 5.74) is 1.24. The van der Waals surface area contributed by atoms with E-state index in [-0.39, 0.29) is 0 Å². The number of aliphatic hydroxyl groups excluding tert-OH is 1. The summed E-state index contributed by atoms with van der Waals surface area (Å²) in [6.07, 6.45) is 2.24. The van der Waals surface area contributed by atoms with Gasteiger partial charge in [-0.25, -0.2) is 0 Å². The number of aliphatic hydroxyl groups is 1. The van der Waals surface area contributed by atoms with E-state index in [1.807, 2.05) is 0 Å². The van der Waals surface area contributed by atoms with Gasteiger partial charge in [-0.1, -0.05) is 19.4 Å². The normalized spacial score (nSPS) is 16.0. The number of rotatable bonds is 5. The van der Waals surface area contributed by atoms with Crippen molar-refractivity contribution < 1.29 is 5.11 Å². The minimum absolute atomic E-state index is 0.303. The van der Waals surface area contributed by atoms with E-state index in [0.717, 1.165) is 12.8 Å². The Hall–Kier alpha value is -0.300. The van der Waals surface area contributed by atoms with Gasteiger partial charge in [0.2, 0.25) is 0 Å². The molecule has 1 heteroatoms. The fraction of sp³-hybridized carbons (Fsp3) is 0.800. The Kier molecular flexibility index (Phi) is 5.22. The average molecular weight is 156 g/mol. The highest BCUT2D eigenvalue weighted by atomic mass is 16.3. The Labute approximate surface area is 70.1 Å². The maximum absolute atomic E-state index is 8.85. The SMILES string of the molecule is C=C(C)CCC(C)C(C)CO. The van der Waals surface area contributed by atoms with Crippen LogP contribution in [0.1, 0.15) is 33.6 Å². The molecule has 0 aromatic carbocycles. The van der Waals surface area contributed by atoms with Crippen molar-refractivity contribution in [2.24, 2.45) is 11.8 Å². The Morgan fingerprint density at radius 1 is 1.36 bits per heavy atom. The summed E-state index contributed by atoms with van der Waals surface area (Å²) < 4.78 is 0. The van der Waals surface area contributed by atoms with Gasteiger partial charge in [-0.15, -0.1) is 6.58 Å². The van der Waals surface area contributed by atoms with E-state index in [0.29, 0.717) is 18.4 Å². The standard InChI is InChI=1S/C10H20O/c1-8(2)5-6-9(3)10(4)7-11/h9-11H,1,5-7H2,2-4H3. The predicted molar refractivity (Wildman–Crippen MR) is 49.5 cm³/mol. The van der Waals surface area contributed by atoms with Crippen molar-refractivity contribution in [1.82, 2.24) is 0 Å². The van der Waals surface area contributed by atoms with Crippen LogP contribution >= 0.6 is 0 Å². The van der Waals surface area contributed by atoms with Crippen molar-refractivity contribution in [1.29, 1.82) is 0 Å². The van der Waals surface area contributed by atoms with Crippen LogP contribution in [0.3, 0.4) is 0 Å². The molecule has 0 saturated carbocycles. The van der Waals surface area contributed by atoms with Crippen LogP contribution in [-0.4, -0.2) is 11.7 Å². The Balaban J connectivity index is 3.51. The molecule has 1 N–H and O–H groups in total. The largest absolute Gasteiger partial charge is 0.396 e. The smallest absolute Gasteiger partial charge is 0.0459 e. The van der Waals surface area contributed by atoms with Crippen LogP contribution in [0.25, 0.3) is 0 Å². The Morgan fingerprint density at radius 3 is 2.27 bits per heavy atom. The molecule has 2 atom stereocenters. The number of allylic oxidation sites excluding steroid dienone is 1. The third kappa shape index (κ3) is 5.02. The van der Waals surface area contributed by atoms with E-state index in [1.165, 1.54) is 5.57 Å². The topological polar surface area (TPSA) is 20.2 Å². The Bertz CT molecular complexity index is 118. The summed E-state index contributed by atoms with van der Waals surface area (Å²) >= 11 is 0. The zero-order valence-electron chi connectivity index (χ0n) is 7.93. The molecule has 0 rings (SSSR count). The van der Waals surface area contributed by atoms with Crippen LogP contribution in [-0.2, 0) is 0 Å². The predicted octanol–water partition coefficient (Wildman–Crippen LogP) is 2.61. The summed E-state index contributed by atoms with van der Waals surface area (Å²) in [4.78, 5) is 0. The molecule has 0 bridgehead atoms. The molecule has 0 aromatic heterocycles. The van der Waals surface area contributed by atoms with Crippen molar-refractivity contribution in [3.05, 3.63) is 12.2 Å². The molecule has 0 fully saturated rings. The zero-order valence-corrected chi connectivity index (χ0v) is 7.93. The Morgan fingerprint density at radius 2 is 1.91 bits per heavy atom. The van der Waals surface area contributed by atoms with E-state index in [9.17, 15) is 0 Å². The van der Waals surface area contributed by atoms with Crippen LogP contribution in [0, 0.1) is 11.8 Å². The summed E-state index contributed by atoms with van der Waals surface area (Å²) in [5, 5.41) is 8.85. The van der Waals surface area contributed by atoms with Crippen molar-refractivity contribution in [3.8, 4) is 0 Å². The van der Waals surface area contributed by atoms with Crippen molar-refractivity contribution in [2.45, 2.75) is 33.6 Å². The second-order valence-electron chi connectivity index (χ2n) is 3.63. The lowest BCUT2D eigenvalue weighted by atomic mass is 9.91. The molecule has 1 nitrogen and oxygen atoms in total. The van der Waals surface area contributed by atoms with Gasteiger partial charge in [-0.05, 0) is 31.6 Å². The van der Waals surface area contributed by atoms with Crippen LogP contribution in [0.5, 0.6) is 0 Å². The molecule has 0 aliphatic carbocycles. The molecule has 2 unspecified atom stereocenters. The first-order valence-corrected chi connectivity index (χ1v) is 4.33. The molecule has 0 heterocycles. The lowest BCUT2D eigenvalue weighted by molar-refractivity contribution is 0.191. The van der Waals surface area contributed by atoms with Crippen LogP contribution in [0.2, 0.25) is 0 Å². The minimum Gasteiger partial charge on any atom is -0.396 e. The van der Waals surface area contributed by atoms with E-state index in [2.05, 4.69) is 27.4 Å². The van der Waals surface area contributed by atoms with Crippen molar-refractivity contribution in [3.63, 3.8) is 0 Å². The molecular weight excluding hydrogens is 136 g/mol. The van der Waals surface area contributed by atoms with Gasteiger partial charge in [0.1, 0.15) is 0 Å². The second kappa shape index (κ2) is 5.36. The highest BCUT2D eigenvalue weighted by Gasteiger charge is 2.09.